The number of nitrogens with zero attached hydrogens (tertiary/aromatic N) is 2. The second-order valence-corrected chi connectivity index (χ2v) is 4.14. The van der Waals surface area contributed by atoms with Gasteiger partial charge in [-0.15, -0.1) is 0 Å². The first-order valence-electron chi connectivity index (χ1n) is 3.77. The number of rotatable bonds is 2. The first-order valence-corrected chi connectivity index (χ1v) is 3.77. The molecule has 0 atom stereocenters. The van der Waals surface area contributed by atoms with E-state index in [0.29, 0.717) is 5.23 Å². The summed E-state index contributed by atoms with van der Waals surface area (Å²) >= 11 is 0. The van der Waals surface area contributed by atoms with E-state index in [1.807, 2.05) is 6.07 Å². The summed E-state index contributed by atoms with van der Waals surface area (Å²) in [5.41, 5.74) is -1.69. The minimum absolute atomic E-state index is 0.455. The van der Waals surface area contributed by atoms with Crippen molar-refractivity contribution in [3.05, 3.63) is 0 Å². The Morgan fingerprint density at radius 3 is 1.92 bits per heavy atom. The molecule has 1 radical (unpaired) electrons. The molecule has 0 aliphatic heterocycles. The maximum absolute atomic E-state index is 11.2. The largest absolute Gasteiger partial charge is 0.250 e. The van der Waals surface area contributed by atoms with Gasteiger partial charge in [-0.1, -0.05) is 5.21 Å². The molecule has 69 valence electrons. The van der Waals surface area contributed by atoms with Gasteiger partial charge in [0.1, 0.15) is 0 Å². The third kappa shape index (κ3) is 3.67. The molecule has 12 heavy (non-hydrogen) atoms. The number of hydroxylamine groups is 2. The summed E-state index contributed by atoms with van der Waals surface area (Å²) in [6.07, 6.45) is 0. The highest BCUT2D eigenvalue weighted by Gasteiger charge is 2.29. The molecule has 0 saturated carbocycles. The lowest BCUT2D eigenvalue weighted by molar-refractivity contribution is -0.438. The summed E-state index contributed by atoms with van der Waals surface area (Å²) in [5, 5.41) is 20.2. The normalized spacial score (nSPS) is 13.2. The Morgan fingerprint density at radius 1 is 1.25 bits per heavy atom. The SMILES string of the molecule is CC(C)(C#N)ON([O])C(C)(C)C. The summed E-state index contributed by atoms with van der Waals surface area (Å²) in [5.74, 6) is 0. The topological polar surface area (TPSA) is 56.2 Å². The van der Waals surface area contributed by atoms with Crippen LogP contribution < -0.4 is 0 Å². The highest BCUT2D eigenvalue weighted by Crippen LogP contribution is 2.17. The Hall–Kier alpha value is -0.630. The predicted molar refractivity (Wildman–Crippen MR) is 43.1 cm³/mol. The van der Waals surface area contributed by atoms with Crippen LogP contribution in [-0.4, -0.2) is 16.4 Å². The molecule has 0 bridgehead atoms. The van der Waals surface area contributed by atoms with E-state index in [1.54, 1.807) is 34.6 Å². The van der Waals surface area contributed by atoms with Crippen molar-refractivity contribution < 1.29 is 10.0 Å². The molecule has 0 heterocycles. The second kappa shape index (κ2) is 3.40. The fourth-order valence-electron chi connectivity index (χ4n) is 0.365. The van der Waals surface area contributed by atoms with Crippen molar-refractivity contribution in [2.24, 2.45) is 0 Å². The number of hydrogen-bond donors (Lipinski definition) is 0. The molecule has 0 aromatic rings. The van der Waals surface area contributed by atoms with Gasteiger partial charge in [0.15, 0.2) is 5.60 Å². The summed E-state index contributed by atoms with van der Waals surface area (Å²) in [7, 11) is 0. The Balaban J connectivity index is 4.22. The first kappa shape index (κ1) is 11.4. The quantitative estimate of drug-likeness (QED) is 0.594. The van der Waals surface area contributed by atoms with Crippen molar-refractivity contribution in [3.63, 3.8) is 0 Å². The van der Waals surface area contributed by atoms with Crippen molar-refractivity contribution in [3.8, 4) is 6.07 Å². The molecule has 0 aromatic carbocycles. The minimum Gasteiger partial charge on any atom is -0.250 e. The summed E-state index contributed by atoms with van der Waals surface area (Å²) in [4.78, 5) is 4.87. The minimum atomic E-state index is -1.06. The lowest BCUT2D eigenvalue weighted by atomic mass is 10.1. The van der Waals surface area contributed by atoms with Crippen LogP contribution in [0.4, 0.5) is 0 Å². The molecule has 0 N–H and O–H groups in total. The van der Waals surface area contributed by atoms with Crippen molar-refractivity contribution in [2.45, 2.75) is 45.8 Å². The van der Waals surface area contributed by atoms with E-state index in [2.05, 4.69) is 0 Å². The Kier molecular flexibility index (Phi) is 3.22. The van der Waals surface area contributed by atoms with Gasteiger partial charge in [-0.2, -0.15) is 5.26 Å². The smallest absolute Gasteiger partial charge is 0.172 e. The number of nitriles is 1. The molecular weight excluding hydrogens is 156 g/mol. The first-order chi connectivity index (χ1) is 5.19. The van der Waals surface area contributed by atoms with E-state index in [0.717, 1.165) is 0 Å². The van der Waals surface area contributed by atoms with Gasteiger partial charge in [0.2, 0.25) is 0 Å². The summed E-state index contributed by atoms with van der Waals surface area (Å²) in [6, 6.07) is 1.88. The average molecular weight is 171 g/mol. The van der Waals surface area contributed by atoms with Crippen LogP contribution in [0.5, 0.6) is 0 Å². The zero-order valence-corrected chi connectivity index (χ0v) is 8.21. The van der Waals surface area contributed by atoms with E-state index >= 15 is 0 Å². The average Bonchev–Trinajstić information content (AvgIpc) is 1.85. The highest BCUT2D eigenvalue weighted by molar-refractivity contribution is 4.93. The van der Waals surface area contributed by atoms with E-state index in [4.69, 9.17) is 10.1 Å². The molecule has 0 fully saturated rings. The van der Waals surface area contributed by atoms with Gasteiger partial charge in [0.25, 0.3) is 0 Å². The Labute approximate surface area is 73.3 Å². The van der Waals surface area contributed by atoms with Gasteiger partial charge in [0, 0.05) is 0 Å². The molecule has 4 nitrogen and oxygen atoms in total. The van der Waals surface area contributed by atoms with Crippen LogP contribution in [0.1, 0.15) is 34.6 Å². The predicted octanol–water partition coefficient (Wildman–Crippen LogP) is 1.67. The molecule has 4 heteroatoms. The van der Waals surface area contributed by atoms with E-state index < -0.39 is 11.1 Å². The van der Waals surface area contributed by atoms with Crippen LogP contribution >= 0.6 is 0 Å². The third-order valence-corrected chi connectivity index (χ3v) is 1.13. The van der Waals surface area contributed by atoms with Gasteiger partial charge in [-0.3, -0.25) is 0 Å². The van der Waals surface area contributed by atoms with E-state index in [1.165, 1.54) is 0 Å². The molecule has 0 unspecified atom stereocenters. The Morgan fingerprint density at radius 2 is 1.67 bits per heavy atom. The van der Waals surface area contributed by atoms with Crippen molar-refractivity contribution >= 4 is 0 Å². The molecule has 0 aliphatic carbocycles. The standard InChI is InChI=1S/C8H15N2O2/c1-7(2,3)10(11)12-8(4,5)6-9/h1-5H3. The lowest BCUT2D eigenvalue weighted by Crippen LogP contribution is -2.43. The lowest BCUT2D eigenvalue weighted by Gasteiger charge is -2.30. The van der Waals surface area contributed by atoms with Gasteiger partial charge in [-0.05, 0) is 39.8 Å². The van der Waals surface area contributed by atoms with Crippen LogP contribution in [0.3, 0.4) is 0 Å². The Bertz CT molecular complexity index is 188. The van der Waals surface area contributed by atoms with Gasteiger partial charge >= 0.3 is 0 Å². The molecule has 0 aromatic heterocycles. The van der Waals surface area contributed by atoms with Crippen LogP contribution in [0, 0.1) is 11.3 Å². The molecule has 0 aliphatic rings. The fourth-order valence-corrected chi connectivity index (χ4v) is 0.365. The highest BCUT2D eigenvalue weighted by atomic mass is 16.9. The van der Waals surface area contributed by atoms with Crippen LogP contribution in [0.15, 0.2) is 0 Å². The van der Waals surface area contributed by atoms with Crippen molar-refractivity contribution in [1.82, 2.24) is 5.23 Å². The summed E-state index contributed by atoms with van der Waals surface area (Å²) in [6.45, 7) is 8.24. The molecule has 0 spiro atoms. The van der Waals surface area contributed by atoms with Crippen LogP contribution in [0.25, 0.3) is 0 Å². The van der Waals surface area contributed by atoms with Gasteiger partial charge < -0.3 is 0 Å². The maximum atomic E-state index is 11.2. The third-order valence-electron chi connectivity index (χ3n) is 1.13. The molecule has 0 amide bonds. The fraction of sp³-hybridized carbons (Fsp3) is 0.875. The molecular formula is C8H15N2O2. The van der Waals surface area contributed by atoms with Gasteiger partial charge in [-0.25, -0.2) is 4.84 Å². The zero-order chi connectivity index (χ0) is 9.99. The van der Waals surface area contributed by atoms with Crippen LogP contribution in [0.2, 0.25) is 0 Å². The van der Waals surface area contributed by atoms with Gasteiger partial charge in [0.05, 0.1) is 11.6 Å². The van der Waals surface area contributed by atoms with E-state index in [9.17, 15) is 5.21 Å². The molecule has 0 rings (SSSR count). The zero-order valence-electron chi connectivity index (χ0n) is 8.21. The maximum Gasteiger partial charge on any atom is 0.172 e. The second-order valence-electron chi connectivity index (χ2n) is 4.14. The van der Waals surface area contributed by atoms with Crippen molar-refractivity contribution in [1.29, 1.82) is 5.26 Å². The van der Waals surface area contributed by atoms with Crippen LogP contribution in [-0.2, 0) is 10.0 Å². The van der Waals surface area contributed by atoms with E-state index in [-0.39, 0.29) is 0 Å². The molecule has 0 saturated heterocycles. The summed E-state index contributed by atoms with van der Waals surface area (Å²) < 4.78 is 0. The number of hydrogen-bond acceptors (Lipinski definition) is 3. The van der Waals surface area contributed by atoms with Crippen molar-refractivity contribution in [2.75, 3.05) is 0 Å². The monoisotopic (exact) mass is 171 g/mol.